The molecule has 0 bridgehead atoms. The molecule has 3 aromatic rings. The molecule has 0 atom stereocenters. The van der Waals surface area contributed by atoms with E-state index in [-0.39, 0.29) is 23.3 Å². The average molecular weight is 421 g/mol. The van der Waals surface area contributed by atoms with E-state index in [4.69, 9.17) is 27.6 Å². The largest absolute Gasteiger partial charge is 0.459 e. The summed E-state index contributed by atoms with van der Waals surface area (Å²) in [6.07, 6.45) is 1.44. The molecule has 27 heavy (non-hydrogen) atoms. The lowest BCUT2D eigenvalue weighted by Gasteiger charge is -2.09. The summed E-state index contributed by atoms with van der Waals surface area (Å²) in [7, 11) is 0. The number of benzene rings is 2. The van der Waals surface area contributed by atoms with Crippen molar-refractivity contribution in [3.8, 4) is 0 Å². The van der Waals surface area contributed by atoms with Crippen LogP contribution in [0, 0.1) is 0 Å². The predicted molar refractivity (Wildman–Crippen MR) is 109 cm³/mol. The molecule has 0 unspecified atom stereocenters. The van der Waals surface area contributed by atoms with Crippen LogP contribution in [-0.4, -0.2) is 17.6 Å². The molecule has 0 aliphatic carbocycles. The lowest BCUT2D eigenvalue weighted by molar-refractivity contribution is -0.113. The number of rotatable bonds is 6. The minimum absolute atomic E-state index is 0.179. The van der Waals surface area contributed by atoms with E-state index in [0.717, 1.165) is 4.90 Å². The van der Waals surface area contributed by atoms with Crippen molar-refractivity contribution in [3.05, 3.63) is 76.7 Å². The number of amides is 2. The third-order valence-corrected chi connectivity index (χ3v) is 5.25. The topological polar surface area (TPSA) is 71.3 Å². The van der Waals surface area contributed by atoms with Gasteiger partial charge >= 0.3 is 0 Å². The number of halogens is 2. The van der Waals surface area contributed by atoms with Crippen LogP contribution in [0.15, 0.2) is 70.2 Å². The van der Waals surface area contributed by atoms with Crippen LogP contribution in [0.4, 0.5) is 11.4 Å². The molecule has 0 fully saturated rings. The second kappa shape index (κ2) is 8.99. The standard InChI is InChI=1S/C19H14Cl2N2O3S/c20-14-6-2-7-15(18(14)21)23-17(24)11-27-13-5-1-4-12(10-13)22-19(25)16-8-3-9-26-16/h1-10H,11H2,(H,22,25)(H,23,24). The van der Waals surface area contributed by atoms with Gasteiger partial charge in [-0.1, -0.05) is 35.3 Å². The molecule has 5 nitrogen and oxygen atoms in total. The van der Waals surface area contributed by atoms with Gasteiger partial charge in [-0.05, 0) is 42.5 Å². The number of thioether (sulfide) groups is 1. The molecule has 2 aromatic carbocycles. The zero-order chi connectivity index (χ0) is 19.2. The molecule has 0 saturated carbocycles. The summed E-state index contributed by atoms with van der Waals surface area (Å²) < 4.78 is 5.06. The third-order valence-electron chi connectivity index (χ3n) is 3.43. The second-order valence-corrected chi connectivity index (χ2v) is 7.23. The van der Waals surface area contributed by atoms with Crippen molar-refractivity contribution in [2.45, 2.75) is 4.90 Å². The number of furan rings is 1. The van der Waals surface area contributed by atoms with Crippen molar-refractivity contribution >= 4 is 58.2 Å². The third kappa shape index (κ3) is 5.29. The first kappa shape index (κ1) is 19.4. The van der Waals surface area contributed by atoms with Gasteiger partial charge in [-0.3, -0.25) is 9.59 Å². The summed E-state index contributed by atoms with van der Waals surface area (Å²) in [5.41, 5.74) is 1.08. The molecule has 2 N–H and O–H groups in total. The Morgan fingerprint density at radius 3 is 2.59 bits per heavy atom. The molecule has 2 amide bonds. The number of nitrogens with one attached hydrogen (secondary N) is 2. The number of carbonyl (C=O) groups is 2. The van der Waals surface area contributed by atoms with Crippen LogP contribution >= 0.6 is 35.0 Å². The fourth-order valence-corrected chi connectivity index (χ4v) is 3.30. The van der Waals surface area contributed by atoms with E-state index < -0.39 is 0 Å². The van der Waals surface area contributed by atoms with Crippen molar-refractivity contribution in [2.24, 2.45) is 0 Å². The Morgan fingerprint density at radius 2 is 1.81 bits per heavy atom. The van der Waals surface area contributed by atoms with Crippen molar-refractivity contribution in [1.29, 1.82) is 0 Å². The Morgan fingerprint density at radius 1 is 1.00 bits per heavy atom. The molecule has 0 saturated heterocycles. The molecule has 1 aromatic heterocycles. The minimum atomic E-state index is -0.338. The molecular formula is C19H14Cl2N2O3S. The van der Waals surface area contributed by atoms with E-state index in [1.54, 1.807) is 48.5 Å². The minimum Gasteiger partial charge on any atom is -0.459 e. The van der Waals surface area contributed by atoms with Crippen molar-refractivity contribution < 1.29 is 14.0 Å². The smallest absolute Gasteiger partial charge is 0.291 e. The molecule has 0 aliphatic rings. The zero-order valence-corrected chi connectivity index (χ0v) is 16.2. The van der Waals surface area contributed by atoms with Gasteiger partial charge in [-0.25, -0.2) is 0 Å². The number of carbonyl (C=O) groups excluding carboxylic acids is 2. The second-order valence-electron chi connectivity index (χ2n) is 5.40. The van der Waals surface area contributed by atoms with Crippen molar-refractivity contribution in [2.75, 3.05) is 16.4 Å². The molecule has 3 rings (SSSR count). The highest BCUT2D eigenvalue weighted by atomic mass is 35.5. The normalized spacial score (nSPS) is 10.4. The Bertz CT molecular complexity index is 961. The summed E-state index contributed by atoms with van der Waals surface area (Å²) in [4.78, 5) is 25.0. The number of hydrogen-bond acceptors (Lipinski definition) is 4. The molecule has 8 heteroatoms. The van der Waals surface area contributed by atoms with E-state index >= 15 is 0 Å². The van der Waals surface area contributed by atoms with E-state index in [2.05, 4.69) is 10.6 Å². The number of hydrogen-bond donors (Lipinski definition) is 2. The highest BCUT2D eigenvalue weighted by Crippen LogP contribution is 2.30. The molecule has 0 aliphatic heterocycles. The molecule has 0 radical (unpaired) electrons. The maximum absolute atomic E-state index is 12.2. The van der Waals surface area contributed by atoms with Crippen LogP contribution in [0.1, 0.15) is 10.6 Å². The van der Waals surface area contributed by atoms with Crippen molar-refractivity contribution in [3.63, 3.8) is 0 Å². The molecule has 1 heterocycles. The van der Waals surface area contributed by atoms with Crippen molar-refractivity contribution in [1.82, 2.24) is 0 Å². The Kier molecular flexibility index (Phi) is 6.45. The molecular weight excluding hydrogens is 407 g/mol. The predicted octanol–water partition coefficient (Wildman–Crippen LogP) is 5.57. The van der Waals surface area contributed by atoms with Gasteiger partial charge in [0.1, 0.15) is 0 Å². The summed E-state index contributed by atoms with van der Waals surface area (Å²) in [5.74, 6) is -0.145. The maximum Gasteiger partial charge on any atom is 0.291 e. The van der Waals surface area contributed by atoms with Gasteiger partial charge in [0.2, 0.25) is 5.91 Å². The summed E-state index contributed by atoms with van der Waals surface area (Å²) in [6.45, 7) is 0. The van der Waals surface area contributed by atoms with E-state index in [1.165, 1.54) is 18.0 Å². The Labute approximate surface area is 170 Å². The van der Waals surface area contributed by atoms with Crippen LogP contribution in [0.3, 0.4) is 0 Å². The van der Waals surface area contributed by atoms with Gasteiger partial charge < -0.3 is 15.1 Å². The van der Waals surface area contributed by atoms with E-state index in [9.17, 15) is 9.59 Å². The first-order valence-electron chi connectivity index (χ1n) is 7.84. The quantitative estimate of drug-likeness (QED) is 0.511. The van der Waals surface area contributed by atoms with Gasteiger partial charge in [0, 0.05) is 10.6 Å². The van der Waals surface area contributed by atoms with Gasteiger partial charge in [0.25, 0.3) is 5.91 Å². The Balaban J connectivity index is 1.57. The zero-order valence-electron chi connectivity index (χ0n) is 13.9. The van der Waals surface area contributed by atoms with E-state index in [1.807, 2.05) is 6.07 Å². The molecule has 138 valence electrons. The summed E-state index contributed by atoms with van der Waals surface area (Å²) in [5, 5.41) is 6.16. The lowest BCUT2D eigenvalue weighted by Crippen LogP contribution is -2.14. The first-order chi connectivity index (χ1) is 13.0. The van der Waals surface area contributed by atoms with E-state index in [0.29, 0.717) is 21.4 Å². The average Bonchev–Trinajstić information content (AvgIpc) is 3.19. The van der Waals surface area contributed by atoms with Crippen LogP contribution in [0.2, 0.25) is 10.0 Å². The SMILES string of the molecule is O=C(CSc1cccc(NC(=O)c2ccco2)c1)Nc1cccc(Cl)c1Cl. The first-order valence-corrected chi connectivity index (χ1v) is 9.58. The highest BCUT2D eigenvalue weighted by Gasteiger charge is 2.11. The van der Waals surface area contributed by atoms with Gasteiger partial charge in [-0.15, -0.1) is 11.8 Å². The fourth-order valence-electron chi connectivity index (χ4n) is 2.20. The van der Waals surface area contributed by atoms with Crippen LogP contribution in [-0.2, 0) is 4.79 Å². The maximum atomic E-state index is 12.2. The fraction of sp³-hybridized carbons (Fsp3) is 0.0526. The van der Waals surface area contributed by atoms with Gasteiger partial charge in [-0.2, -0.15) is 0 Å². The van der Waals surface area contributed by atoms with Crippen LogP contribution < -0.4 is 10.6 Å². The van der Waals surface area contributed by atoms with Gasteiger partial charge in [0.05, 0.1) is 27.7 Å². The van der Waals surface area contributed by atoms with Crippen LogP contribution in [0.25, 0.3) is 0 Å². The Hall–Kier alpha value is -2.41. The lowest BCUT2D eigenvalue weighted by atomic mass is 10.3. The summed E-state index contributed by atoms with van der Waals surface area (Å²) in [6, 6.07) is 15.5. The monoisotopic (exact) mass is 420 g/mol. The van der Waals surface area contributed by atoms with Crippen LogP contribution in [0.5, 0.6) is 0 Å². The molecule has 0 spiro atoms. The highest BCUT2D eigenvalue weighted by molar-refractivity contribution is 8.00. The number of anilines is 2. The summed E-state index contributed by atoms with van der Waals surface area (Å²) >= 11 is 13.3. The van der Waals surface area contributed by atoms with Gasteiger partial charge in [0.15, 0.2) is 5.76 Å².